The van der Waals surface area contributed by atoms with Crippen molar-refractivity contribution in [1.29, 1.82) is 0 Å². The summed E-state index contributed by atoms with van der Waals surface area (Å²) in [6.45, 7) is 8.03. The molecule has 5 rings (SSSR count). The van der Waals surface area contributed by atoms with Crippen molar-refractivity contribution >= 4 is 0 Å². The van der Waals surface area contributed by atoms with Crippen molar-refractivity contribution in [1.82, 2.24) is 16.0 Å². The van der Waals surface area contributed by atoms with Crippen molar-refractivity contribution in [3.8, 4) is 0 Å². The smallest absolute Gasteiger partial charge is 0.0716 e. The second-order valence-corrected chi connectivity index (χ2v) is 6.27. The molecular weight excluding hydrogens is 270 g/mol. The van der Waals surface area contributed by atoms with Crippen LogP contribution in [-0.2, 0) is 14.2 Å². The highest BCUT2D eigenvalue weighted by atomic mass is 16.5. The van der Waals surface area contributed by atoms with E-state index in [-0.39, 0.29) is 0 Å². The fourth-order valence-electron chi connectivity index (χ4n) is 3.29. The number of morpholine rings is 3. The van der Waals surface area contributed by atoms with Crippen LogP contribution in [0, 0.1) is 0 Å². The van der Waals surface area contributed by atoms with Gasteiger partial charge >= 0.3 is 0 Å². The Morgan fingerprint density at radius 2 is 1.57 bits per heavy atom. The number of ether oxygens (including phenoxy) is 3. The van der Waals surface area contributed by atoms with E-state index < -0.39 is 0 Å². The zero-order valence-corrected chi connectivity index (χ0v) is 12.8. The number of rotatable bonds is 0. The maximum absolute atomic E-state index is 5.53. The van der Waals surface area contributed by atoms with Gasteiger partial charge in [-0.15, -0.1) is 0 Å². The van der Waals surface area contributed by atoms with Crippen molar-refractivity contribution in [2.45, 2.75) is 43.6 Å². The average molecular weight is 299 g/mol. The molecule has 4 atom stereocenters. The lowest BCUT2D eigenvalue weighted by Crippen LogP contribution is -2.38. The Morgan fingerprint density at radius 3 is 1.86 bits per heavy atom. The number of fused-ring (bicyclic) bond motifs is 4. The maximum atomic E-state index is 5.53. The summed E-state index contributed by atoms with van der Waals surface area (Å²) in [5, 5.41) is 9.81. The lowest BCUT2D eigenvalue weighted by atomic mass is 10.2. The van der Waals surface area contributed by atoms with Gasteiger partial charge in [0.1, 0.15) is 0 Å². The maximum Gasteiger partial charge on any atom is 0.0716 e. The molecule has 5 aliphatic rings. The SMILES string of the molecule is C1CC2CNCC1O2.C1COCCN1.C1OC2CNC1C2. The molecule has 0 aromatic heterocycles. The Morgan fingerprint density at radius 1 is 0.810 bits per heavy atom. The summed E-state index contributed by atoms with van der Waals surface area (Å²) in [5.74, 6) is 0. The minimum Gasteiger partial charge on any atom is -0.379 e. The van der Waals surface area contributed by atoms with Crippen LogP contribution in [0.3, 0.4) is 0 Å². The predicted molar refractivity (Wildman–Crippen MR) is 80.6 cm³/mol. The predicted octanol–water partition coefficient (Wildman–Crippen LogP) is -0.509. The van der Waals surface area contributed by atoms with E-state index in [0.29, 0.717) is 24.4 Å². The molecule has 0 aromatic carbocycles. The molecule has 0 aromatic rings. The lowest BCUT2D eigenvalue weighted by molar-refractivity contribution is 0.0184. The van der Waals surface area contributed by atoms with E-state index in [2.05, 4.69) is 16.0 Å². The van der Waals surface area contributed by atoms with Crippen LogP contribution in [0.2, 0.25) is 0 Å². The zero-order chi connectivity index (χ0) is 14.3. The third kappa shape index (κ3) is 5.16. The first-order valence-corrected chi connectivity index (χ1v) is 8.40. The second-order valence-electron chi connectivity index (χ2n) is 6.27. The third-order valence-electron chi connectivity index (χ3n) is 4.50. The summed E-state index contributed by atoms with van der Waals surface area (Å²) in [5.41, 5.74) is 0. The fraction of sp³-hybridized carbons (Fsp3) is 1.00. The standard InChI is InChI=1S/C6H11NO.C5H9NO.C4H9NO/c1-2-6-4-7-3-5(1)8-6;1-4-3-7-5(1)2-6-4;1-3-6-4-2-5-1/h5-7H,1-4H2;4-6H,1-3H2;5H,1-4H2. The number of hydrogen-bond donors (Lipinski definition) is 3. The molecule has 6 nitrogen and oxygen atoms in total. The first kappa shape index (κ1) is 15.6. The molecule has 5 heterocycles. The zero-order valence-electron chi connectivity index (χ0n) is 12.8. The largest absolute Gasteiger partial charge is 0.379 e. The van der Waals surface area contributed by atoms with Crippen LogP contribution in [0.25, 0.3) is 0 Å². The van der Waals surface area contributed by atoms with E-state index in [4.69, 9.17) is 14.2 Å². The summed E-state index contributed by atoms with van der Waals surface area (Å²) in [6.07, 6.45) is 5.46. The molecule has 21 heavy (non-hydrogen) atoms. The first-order valence-electron chi connectivity index (χ1n) is 8.40. The van der Waals surface area contributed by atoms with E-state index in [0.717, 1.165) is 52.5 Å². The molecule has 0 radical (unpaired) electrons. The topological polar surface area (TPSA) is 63.8 Å². The van der Waals surface area contributed by atoms with Gasteiger partial charge in [-0.25, -0.2) is 0 Å². The molecule has 122 valence electrons. The van der Waals surface area contributed by atoms with Gasteiger partial charge in [0.25, 0.3) is 0 Å². The van der Waals surface area contributed by atoms with Crippen LogP contribution in [-0.4, -0.2) is 76.9 Å². The third-order valence-corrected chi connectivity index (χ3v) is 4.50. The summed E-state index contributed by atoms with van der Waals surface area (Å²) in [7, 11) is 0. The number of nitrogens with one attached hydrogen (secondary N) is 3. The van der Waals surface area contributed by atoms with Gasteiger partial charge in [-0.2, -0.15) is 0 Å². The van der Waals surface area contributed by atoms with Crippen LogP contribution >= 0.6 is 0 Å². The Hall–Kier alpha value is -0.240. The van der Waals surface area contributed by atoms with Crippen LogP contribution in [0.4, 0.5) is 0 Å². The molecule has 0 aliphatic carbocycles. The van der Waals surface area contributed by atoms with Crippen molar-refractivity contribution in [3.63, 3.8) is 0 Å². The Bertz CT molecular complexity index is 258. The summed E-state index contributed by atoms with van der Waals surface area (Å²) in [6, 6.07) is 0.699. The molecule has 5 saturated heterocycles. The Labute approximate surface area is 127 Å². The Balaban J connectivity index is 0.0000000957. The molecular formula is C15H29N3O3. The summed E-state index contributed by atoms with van der Waals surface area (Å²) < 4.78 is 15.8. The first-order chi connectivity index (χ1) is 10.4. The minimum absolute atomic E-state index is 0.550. The van der Waals surface area contributed by atoms with Crippen LogP contribution in [0.1, 0.15) is 19.3 Å². The minimum atomic E-state index is 0.550. The van der Waals surface area contributed by atoms with Crippen LogP contribution in [0.15, 0.2) is 0 Å². The van der Waals surface area contributed by atoms with Gasteiger partial charge in [-0.3, -0.25) is 0 Å². The van der Waals surface area contributed by atoms with E-state index >= 15 is 0 Å². The molecule has 4 unspecified atom stereocenters. The van der Waals surface area contributed by atoms with Gasteiger partial charge in [0.15, 0.2) is 0 Å². The van der Waals surface area contributed by atoms with Gasteiger partial charge in [-0.1, -0.05) is 0 Å². The van der Waals surface area contributed by atoms with E-state index in [1.807, 2.05) is 0 Å². The summed E-state index contributed by atoms with van der Waals surface area (Å²) >= 11 is 0. The fourth-order valence-corrected chi connectivity index (χ4v) is 3.29. The highest BCUT2D eigenvalue weighted by Crippen LogP contribution is 2.21. The lowest BCUT2D eigenvalue weighted by Gasteiger charge is -2.20. The van der Waals surface area contributed by atoms with E-state index in [1.54, 1.807) is 0 Å². The van der Waals surface area contributed by atoms with Crippen molar-refractivity contribution in [3.05, 3.63) is 0 Å². The molecule has 5 fully saturated rings. The van der Waals surface area contributed by atoms with Crippen molar-refractivity contribution < 1.29 is 14.2 Å². The monoisotopic (exact) mass is 299 g/mol. The second kappa shape index (κ2) is 8.41. The Kier molecular flexibility index (Phi) is 6.26. The average Bonchev–Trinajstić information content (AvgIpc) is 3.28. The molecule has 0 amide bonds. The quantitative estimate of drug-likeness (QED) is 0.560. The summed E-state index contributed by atoms with van der Waals surface area (Å²) in [4.78, 5) is 0. The van der Waals surface area contributed by atoms with E-state index in [1.165, 1.54) is 19.3 Å². The van der Waals surface area contributed by atoms with Crippen LogP contribution in [0.5, 0.6) is 0 Å². The molecule has 0 saturated carbocycles. The normalized spacial score (nSPS) is 40.0. The molecule has 6 heteroatoms. The number of hydrogen-bond acceptors (Lipinski definition) is 6. The highest BCUT2D eigenvalue weighted by molar-refractivity contribution is 4.87. The van der Waals surface area contributed by atoms with Gasteiger partial charge < -0.3 is 30.2 Å². The highest BCUT2D eigenvalue weighted by Gasteiger charge is 2.31. The van der Waals surface area contributed by atoms with Crippen molar-refractivity contribution in [2.24, 2.45) is 0 Å². The van der Waals surface area contributed by atoms with E-state index in [9.17, 15) is 0 Å². The van der Waals surface area contributed by atoms with Gasteiger partial charge in [0.05, 0.1) is 38.1 Å². The molecule has 5 aliphatic heterocycles. The van der Waals surface area contributed by atoms with Gasteiger partial charge in [0, 0.05) is 38.8 Å². The van der Waals surface area contributed by atoms with Crippen LogP contribution < -0.4 is 16.0 Å². The molecule has 0 spiro atoms. The molecule has 3 N–H and O–H groups in total. The van der Waals surface area contributed by atoms with Gasteiger partial charge in [-0.05, 0) is 19.3 Å². The van der Waals surface area contributed by atoms with Gasteiger partial charge in [0.2, 0.25) is 0 Å². The molecule has 4 bridgehead atoms. The van der Waals surface area contributed by atoms with Crippen molar-refractivity contribution in [2.75, 3.05) is 52.5 Å².